The van der Waals surface area contributed by atoms with E-state index in [1.165, 1.54) is 23.9 Å². The molecule has 0 heterocycles. The van der Waals surface area contributed by atoms with Crippen LogP contribution in [-0.2, 0) is 28.3 Å². The van der Waals surface area contributed by atoms with Gasteiger partial charge in [0.2, 0.25) is 11.8 Å². The van der Waals surface area contributed by atoms with E-state index in [0.717, 1.165) is 21.2 Å². The number of amides is 2. The van der Waals surface area contributed by atoms with Gasteiger partial charge in [-0.2, -0.15) is 0 Å². The Morgan fingerprint density at radius 3 is 2.24 bits per heavy atom. The van der Waals surface area contributed by atoms with E-state index in [-0.39, 0.29) is 29.9 Å². The van der Waals surface area contributed by atoms with Gasteiger partial charge >= 0.3 is 0 Å². The number of rotatable bonds is 11. The van der Waals surface area contributed by atoms with Crippen LogP contribution in [0.4, 0.5) is 4.39 Å². The van der Waals surface area contributed by atoms with Crippen LogP contribution in [0.1, 0.15) is 23.6 Å². The maximum Gasteiger partial charge on any atom is 0.243 e. The quantitative estimate of drug-likeness (QED) is 0.343. The van der Waals surface area contributed by atoms with Crippen LogP contribution in [0.25, 0.3) is 0 Å². The number of nitrogens with one attached hydrogen (secondary N) is 1. The van der Waals surface area contributed by atoms with Crippen LogP contribution in [0.3, 0.4) is 0 Å². The van der Waals surface area contributed by atoms with Gasteiger partial charge in [-0.15, -0.1) is 11.8 Å². The van der Waals surface area contributed by atoms with Gasteiger partial charge in [0.15, 0.2) is 0 Å². The number of carbonyl (C=O) groups excluding carboxylic acids is 2. The molecule has 0 aliphatic carbocycles. The van der Waals surface area contributed by atoms with Gasteiger partial charge in [0, 0.05) is 29.7 Å². The van der Waals surface area contributed by atoms with E-state index < -0.39 is 6.04 Å². The van der Waals surface area contributed by atoms with Crippen LogP contribution in [0.2, 0.25) is 0 Å². The Kier molecular flexibility index (Phi) is 10.2. The molecule has 0 bridgehead atoms. The summed E-state index contributed by atoms with van der Waals surface area (Å²) in [6, 6.07) is 23.0. The highest BCUT2D eigenvalue weighted by atomic mass is 79.9. The van der Waals surface area contributed by atoms with Gasteiger partial charge in [-0.05, 0) is 47.9 Å². The Balaban J connectivity index is 1.81. The molecule has 4 nitrogen and oxygen atoms in total. The fraction of sp³-hybridized carbons (Fsp3) is 0.259. The van der Waals surface area contributed by atoms with Gasteiger partial charge in [0.25, 0.3) is 0 Å². The molecule has 0 saturated heterocycles. The molecule has 7 heteroatoms. The van der Waals surface area contributed by atoms with Gasteiger partial charge in [-0.3, -0.25) is 9.59 Å². The Bertz CT molecular complexity index is 1060. The topological polar surface area (TPSA) is 49.4 Å². The van der Waals surface area contributed by atoms with Gasteiger partial charge < -0.3 is 10.2 Å². The van der Waals surface area contributed by atoms with E-state index in [0.29, 0.717) is 18.7 Å². The first-order chi connectivity index (χ1) is 16.5. The zero-order valence-electron chi connectivity index (χ0n) is 19.0. The minimum atomic E-state index is -0.673. The van der Waals surface area contributed by atoms with Crippen molar-refractivity contribution in [3.8, 4) is 0 Å². The summed E-state index contributed by atoms with van der Waals surface area (Å²) in [6.07, 6.45) is 0.400. The van der Waals surface area contributed by atoms with Gasteiger partial charge in [-0.1, -0.05) is 70.5 Å². The summed E-state index contributed by atoms with van der Waals surface area (Å²) in [5.74, 6) is 0.269. The molecule has 0 saturated carbocycles. The highest BCUT2D eigenvalue weighted by molar-refractivity contribution is 9.10. The second kappa shape index (κ2) is 13.3. The van der Waals surface area contributed by atoms with Crippen molar-refractivity contribution in [2.75, 3.05) is 12.3 Å². The maximum atomic E-state index is 13.5. The average molecular weight is 544 g/mol. The van der Waals surface area contributed by atoms with Crippen LogP contribution in [0, 0.1) is 5.82 Å². The summed E-state index contributed by atoms with van der Waals surface area (Å²) < 4.78 is 14.5. The molecule has 0 fully saturated rings. The molecule has 0 aromatic heterocycles. The summed E-state index contributed by atoms with van der Waals surface area (Å²) in [5.41, 5.74) is 2.86. The number of hydrogen-bond acceptors (Lipinski definition) is 3. The molecular formula is C27H28BrFN2O2S. The Morgan fingerprint density at radius 2 is 1.59 bits per heavy atom. The second-order valence-electron chi connectivity index (χ2n) is 7.87. The number of likely N-dealkylation sites (N-methyl/N-ethyl adjacent to an activating group) is 1. The first-order valence-corrected chi connectivity index (χ1v) is 13.1. The van der Waals surface area contributed by atoms with E-state index in [2.05, 4.69) is 21.2 Å². The van der Waals surface area contributed by atoms with Crippen molar-refractivity contribution in [1.29, 1.82) is 0 Å². The molecule has 2 amide bonds. The number of carbonyl (C=O) groups is 2. The number of benzene rings is 3. The van der Waals surface area contributed by atoms with Crippen molar-refractivity contribution in [2.24, 2.45) is 0 Å². The molecule has 0 spiro atoms. The fourth-order valence-electron chi connectivity index (χ4n) is 3.55. The summed E-state index contributed by atoms with van der Waals surface area (Å²) in [4.78, 5) is 28.2. The Morgan fingerprint density at radius 1 is 0.941 bits per heavy atom. The first-order valence-electron chi connectivity index (χ1n) is 11.1. The standard InChI is InChI=1S/C27H28BrFN2O2S/c1-2-30-27(33)25(16-20-6-4-3-5-7-20)31(17-21-10-14-24(29)15-11-21)26(32)19-34-18-22-8-12-23(28)13-9-22/h3-15,25H,2,16-19H2,1H3,(H,30,33). The average Bonchev–Trinajstić information content (AvgIpc) is 2.84. The van der Waals surface area contributed by atoms with Crippen LogP contribution < -0.4 is 5.32 Å². The van der Waals surface area contributed by atoms with E-state index in [1.54, 1.807) is 17.0 Å². The van der Waals surface area contributed by atoms with Gasteiger partial charge in [0.05, 0.1) is 5.75 Å². The Labute approximate surface area is 213 Å². The van der Waals surface area contributed by atoms with Crippen LogP contribution in [0.5, 0.6) is 0 Å². The highest BCUT2D eigenvalue weighted by Crippen LogP contribution is 2.20. The number of thioether (sulfide) groups is 1. The lowest BCUT2D eigenvalue weighted by molar-refractivity contribution is -0.139. The third kappa shape index (κ3) is 7.99. The first kappa shape index (κ1) is 26.0. The Hall–Kier alpha value is -2.64. The van der Waals surface area contributed by atoms with E-state index >= 15 is 0 Å². The molecule has 178 valence electrons. The molecular weight excluding hydrogens is 515 g/mol. The summed E-state index contributed by atoms with van der Waals surface area (Å²) in [7, 11) is 0. The minimum Gasteiger partial charge on any atom is -0.355 e. The van der Waals surface area contributed by atoms with Crippen LogP contribution >= 0.6 is 27.7 Å². The van der Waals surface area contributed by atoms with Crippen LogP contribution in [0.15, 0.2) is 83.3 Å². The summed E-state index contributed by atoms with van der Waals surface area (Å²) in [5, 5.41) is 2.88. The van der Waals surface area contributed by atoms with Crippen LogP contribution in [-0.4, -0.2) is 35.1 Å². The predicted octanol–water partition coefficient (Wildman–Crippen LogP) is 5.60. The molecule has 3 rings (SSSR count). The van der Waals surface area contributed by atoms with E-state index in [4.69, 9.17) is 0 Å². The molecule has 0 aliphatic rings. The molecule has 1 unspecified atom stereocenters. The molecule has 0 radical (unpaired) electrons. The van der Waals surface area contributed by atoms with Crippen molar-refractivity contribution in [2.45, 2.75) is 31.7 Å². The zero-order valence-corrected chi connectivity index (χ0v) is 21.4. The maximum absolute atomic E-state index is 13.5. The van der Waals surface area contributed by atoms with Crippen molar-refractivity contribution >= 4 is 39.5 Å². The van der Waals surface area contributed by atoms with Crippen molar-refractivity contribution in [3.05, 3.63) is 106 Å². The molecule has 34 heavy (non-hydrogen) atoms. The molecule has 1 N–H and O–H groups in total. The highest BCUT2D eigenvalue weighted by Gasteiger charge is 2.30. The van der Waals surface area contributed by atoms with Crippen molar-refractivity contribution in [1.82, 2.24) is 10.2 Å². The molecule has 3 aromatic rings. The molecule has 3 aromatic carbocycles. The van der Waals surface area contributed by atoms with Crippen molar-refractivity contribution in [3.63, 3.8) is 0 Å². The second-order valence-corrected chi connectivity index (χ2v) is 9.77. The molecule has 0 aliphatic heterocycles. The van der Waals surface area contributed by atoms with E-state index in [1.807, 2.05) is 61.5 Å². The lowest BCUT2D eigenvalue weighted by Gasteiger charge is -2.31. The summed E-state index contributed by atoms with van der Waals surface area (Å²) >= 11 is 4.94. The lowest BCUT2D eigenvalue weighted by atomic mass is 10.0. The third-order valence-corrected chi connectivity index (χ3v) is 6.81. The van der Waals surface area contributed by atoms with Gasteiger partial charge in [0.1, 0.15) is 11.9 Å². The molecule has 1 atom stereocenters. The zero-order chi connectivity index (χ0) is 24.3. The smallest absolute Gasteiger partial charge is 0.243 e. The van der Waals surface area contributed by atoms with Gasteiger partial charge in [-0.25, -0.2) is 4.39 Å². The SMILES string of the molecule is CCNC(=O)C(Cc1ccccc1)N(Cc1ccc(F)cc1)C(=O)CSCc1ccc(Br)cc1. The fourth-order valence-corrected chi connectivity index (χ4v) is 4.69. The normalized spacial score (nSPS) is 11.6. The number of hydrogen-bond donors (Lipinski definition) is 1. The number of halogens is 2. The minimum absolute atomic E-state index is 0.126. The predicted molar refractivity (Wildman–Crippen MR) is 140 cm³/mol. The summed E-state index contributed by atoms with van der Waals surface area (Å²) in [6.45, 7) is 2.56. The third-order valence-electron chi connectivity index (χ3n) is 5.30. The van der Waals surface area contributed by atoms with Crippen molar-refractivity contribution < 1.29 is 14.0 Å². The monoisotopic (exact) mass is 542 g/mol. The largest absolute Gasteiger partial charge is 0.355 e. The number of nitrogens with zero attached hydrogens (tertiary/aromatic N) is 1. The van der Waals surface area contributed by atoms with E-state index in [9.17, 15) is 14.0 Å². The lowest BCUT2D eigenvalue weighted by Crippen LogP contribution is -2.51.